The number of nitrogens with one attached hydrogen (secondary N) is 1. The number of para-hydroxylation sites is 1. The number of hydrogen-bond acceptors (Lipinski definition) is 4. The summed E-state index contributed by atoms with van der Waals surface area (Å²) in [4.78, 5) is 10.5. The quantitative estimate of drug-likeness (QED) is 0.667. The lowest BCUT2D eigenvalue weighted by molar-refractivity contribution is -0.384. The average molecular weight is 286 g/mol. The van der Waals surface area contributed by atoms with Gasteiger partial charge in [-0.1, -0.05) is 18.2 Å². The monoisotopic (exact) mass is 286 g/mol. The van der Waals surface area contributed by atoms with Crippen molar-refractivity contribution in [3.05, 3.63) is 63.7 Å². The Morgan fingerprint density at radius 2 is 1.90 bits per heavy atom. The van der Waals surface area contributed by atoms with Gasteiger partial charge in [0.05, 0.1) is 11.0 Å². The smallest absolute Gasteiger partial charge is 0.273 e. The van der Waals surface area contributed by atoms with Crippen LogP contribution in [0.25, 0.3) is 0 Å². The third-order valence-electron chi connectivity index (χ3n) is 3.42. The van der Waals surface area contributed by atoms with Crippen LogP contribution in [0.3, 0.4) is 0 Å². The van der Waals surface area contributed by atoms with Crippen LogP contribution in [0, 0.1) is 17.0 Å². The van der Waals surface area contributed by atoms with Gasteiger partial charge >= 0.3 is 0 Å². The van der Waals surface area contributed by atoms with E-state index in [1.54, 1.807) is 6.07 Å². The molecule has 2 aromatic carbocycles. The van der Waals surface area contributed by atoms with Crippen molar-refractivity contribution in [1.82, 2.24) is 5.32 Å². The molecule has 2 aromatic rings. The van der Waals surface area contributed by atoms with E-state index in [2.05, 4.69) is 5.32 Å². The second kappa shape index (κ2) is 6.37. The molecule has 5 heteroatoms. The van der Waals surface area contributed by atoms with E-state index in [-0.39, 0.29) is 11.7 Å². The van der Waals surface area contributed by atoms with E-state index in [9.17, 15) is 10.1 Å². The molecule has 0 bridgehead atoms. The molecule has 0 saturated carbocycles. The predicted molar refractivity (Wildman–Crippen MR) is 81.8 cm³/mol. The number of hydrogen-bond donors (Lipinski definition) is 1. The summed E-state index contributed by atoms with van der Waals surface area (Å²) in [6.07, 6.45) is 0. The van der Waals surface area contributed by atoms with Gasteiger partial charge in [-0.2, -0.15) is 0 Å². The van der Waals surface area contributed by atoms with Crippen LogP contribution in [0.2, 0.25) is 0 Å². The number of benzene rings is 2. The summed E-state index contributed by atoms with van der Waals surface area (Å²) in [5.74, 6) is 1.20. The SMILES string of the molecule is CNC(C)c1ccccc1Oc1cc([N+](=O)[O-])ccc1C. The van der Waals surface area contributed by atoms with E-state index in [4.69, 9.17) is 4.74 Å². The molecule has 5 nitrogen and oxygen atoms in total. The first-order valence-corrected chi connectivity index (χ1v) is 6.72. The van der Waals surface area contributed by atoms with Gasteiger partial charge < -0.3 is 10.1 Å². The predicted octanol–water partition coefficient (Wildman–Crippen LogP) is 3.98. The Kier molecular flexibility index (Phi) is 4.55. The van der Waals surface area contributed by atoms with Crippen LogP contribution < -0.4 is 10.1 Å². The third-order valence-corrected chi connectivity index (χ3v) is 3.42. The van der Waals surface area contributed by atoms with Crippen LogP contribution in [-0.2, 0) is 0 Å². The van der Waals surface area contributed by atoms with Crippen molar-refractivity contribution >= 4 is 5.69 Å². The molecular weight excluding hydrogens is 268 g/mol. The Balaban J connectivity index is 2.38. The summed E-state index contributed by atoms with van der Waals surface area (Å²) in [5.41, 5.74) is 1.88. The highest BCUT2D eigenvalue weighted by Gasteiger charge is 2.14. The van der Waals surface area contributed by atoms with Crippen LogP contribution >= 0.6 is 0 Å². The Labute approximate surface area is 123 Å². The average Bonchev–Trinajstić information content (AvgIpc) is 2.49. The van der Waals surface area contributed by atoms with Gasteiger partial charge in [0.1, 0.15) is 11.5 Å². The van der Waals surface area contributed by atoms with Crippen molar-refractivity contribution in [2.75, 3.05) is 7.05 Å². The van der Waals surface area contributed by atoms with E-state index in [0.717, 1.165) is 11.1 Å². The molecule has 0 aliphatic rings. The highest BCUT2D eigenvalue weighted by molar-refractivity contribution is 5.47. The van der Waals surface area contributed by atoms with Gasteiger partial charge in [0.2, 0.25) is 0 Å². The molecule has 0 aliphatic carbocycles. The van der Waals surface area contributed by atoms with Crippen molar-refractivity contribution in [3.63, 3.8) is 0 Å². The molecule has 0 saturated heterocycles. The van der Waals surface area contributed by atoms with Gasteiger partial charge in [0, 0.05) is 17.7 Å². The topological polar surface area (TPSA) is 64.4 Å². The van der Waals surface area contributed by atoms with Crippen LogP contribution in [0.15, 0.2) is 42.5 Å². The molecule has 0 amide bonds. The second-order valence-electron chi connectivity index (χ2n) is 4.86. The molecule has 0 aromatic heterocycles. The summed E-state index contributed by atoms with van der Waals surface area (Å²) in [6, 6.07) is 12.4. The van der Waals surface area contributed by atoms with E-state index in [1.807, 2.05) is 45.2 Å². The maximum Gasteiger partial charge on any atom is 0.273 e. The van der Waals surface area contributed by atoms with Crippen LogP contribution in [-0.4, -0.2) is 12.0 Å². The van der Waals surface area contributed by atoms with E-state index >= 15 is 0 Å². The highest BCUT2D eigenvalue weighted by Crippen LogP contribution is 2.33. The summed E-state index contributed by atoms with van der Waals surface area (Å²) in [7, 11) is 1.88. The lowest BCUT2D eigenvalue weighted by Crippen LogP contribution is -2.13. The van der Waals surface area contributed by atoms with Gasteiger partial charge in [-0.25, -0.2) is 0 Å². The number of nitro groups is 1. The van der Waals surface area contributed by atoms with Crippen LogP contribution in [0.4, 0.5) is 5.69 Å². The molecule has 0 radical (unpaired) electrons. The maximum absolute atomic E-state index is 10.9. The standard InChI is InChI=1S/C16H18N2O3/c1-11-8-9-13(18(19)20)10-16(11)21-15-7-5-4-6-14(15)12(2)17-3/h4-10,12,17H,1-3H3. The number of nitrogens with zero attached hydrogens (tertiary/aromatic N) is 1. The van der Waals surface area contributed by atoms with Gasteiger partial charge in [-0.15, -0.1) is 0 Å². The van der Waals surface area contributed by atoms with Crippen LogP contribution in [0.1, 0.15) is 24.1 Å². The normalized spacial score (nSPS) is 12.0. The molecule has 21 heavy (non-hydrogen) atoms. The lowest BCUT2D eigenvalue weighted by Gasteiger charge is -2.17. The molecule has 1 atom stereocenters. The molecule has 1 N–H and O–H groups in total. The Morgan fingerprint density at radius 1 is 1.19 bits per heavy atom. The van der Waals surface area contributed by atoms with Crippen molar-refractivity contribution in [2.45, 2.75) is 19.9 Å². The minimum Gasteiger partial charge on any atom is -0.456 e. The Morgan fingerprint density at radius 3 is 2.57 bits per heavy atom. The molecular formula is C16H18N2O3. The molecule has 110 valence electrons. The largest absolute Gasteiger partial charge is 0.456 e. The summed E-state index contributed by atoms with van der Waals surface area (Å²) < 4.78 is 5.91. The molecule has 2 rings (SSSR count). The van der Waals surface area contributed by atoms with E-state index in [0.29, 0.717) is 11.5 Å². The van der Waals surface area contributed by atoms with Gasteiger partial charge in [0.15, 0.2) is 0 Å². The van der Waals surface area contributed by atoms with Crippen molar-refractivity contribution in [2.24, 2.45) is 0 Å². The Hall–Kier alpha value is -2.40. The number of rotatable bonds is 5. The second-order valence-corrected chi connectivity index (χ2v) is 4.86. The number of non-ortho nitro benzene ring substituents is 1. The van der Waals surface area contributed by atoms with Crippen molar-refractivity contribution in [3.8, 4) is 11.5 Å². The van der Waals surface area contributed by atoms with E-state index < -0.39 is 4.92 Å². The van der Waals surface area contributed by atoms with E-state index in [1.165, 1.54) is 12.1 Å². The van der Waals surface area contributed by atoms with Gasteiger partial charge in [-0.3, -0.25) is 10.1 Å². The maximum atomic E-state index is 10.9. The van der Waals surface area contributed by atoms with Gasteiger partial charge in [0.25, 0.3) is 5.69 Å². The number of aryl methyl sites for hydroxylation is 1. The fourth-order valence-electron chi connectivity index (χ4n) is 2.02. The highest BCUT2D eigenvalue weighted by atomic mass is 16.6. The zero-order valence-electron chi connectivity index (χ0n) is 12.3. The zero-order chi connectivity index (χ0) is 15.4. The fourth-order valence-corrected chi connectivity index (χ4v) is 2.02. The first kappa shape index (κ1) is 15.0. The summed E-state index contributed by atoms with van der Waals surface area (Å²) in [6.45, 7) is 3.89. The zero-order valence-corrected chi connectivity index (χ0v) is 12.3. The summed E-state index contributed by atoms with van der Waals surface area (Å²) >= 11 is 0. The minimum absolute atomic E-state index is 0.0229. The van der Waals surface area contributed by atoms with Gasteiger partial charge in [-0.05, 0) is 38.6 Å². The first-order chi connectivity index (χ1) is 10.0. The van der Waals surface area contributed by atoms with Crippen molar-refractivity contribution < 1.29 is 9.66 Å². The number of ether oxygens (including phenoxy) is 1. The number of nitro benzene ring substituents is 1. The molecule has 0 aliphatic heterocycles. The van der Waals surface area contributed by atoms with Crippen molar-refractivity contribution in [1.29, 1.82) is 0 Å². The first-order valence-electron chi connectivity index (χ1n) is 6.72. The van der Waals surface area contributed by atoms with Crippen LogP contribution in [0.5, 0.6) is 11.5 Å². The molecule has 0 spiro atoms. The lowest BCUT2D eigenvalue weighted by atomic mass is 10.1. The third kappa shape index (κ3) is 3.38. The fraction of sp³-hybridized carbons (Fsp3) is 0.250. The Bertz CT molecular complexity index is 656. The minimum atomic E-state index is -0.422. The molecule has 0 heterocycles. The molecule has 1 unspecified atom stereocenters. The summed E-state index contributed by atoms with van der Waals surface area (Å²) in [5, 5.41) is 14.0. The molecule has 0 fully saturated rings.